The summed E-state index contributed by atoms with van der Waals surface area (Å²) in [6, 6.07) is 0. The van der Waals surface area contributed by atoms with E-state index in [9.17, 15) is 0 Å². The molecule has 0 bridgehead atoms. The molecule has 162 valence electrons. The minimum absolute atomic E-state index is 0. The van der Waals surface area contributed by atoms with Crippen LogP contribution in [0.5, 0.6) is 0 Å². The summed E-state index contributed by atoms with van der Waals surface area (Å²) in [6.07, 6.45) is 28.6. The van der Waals surface area contributed by atoms with Gasteiger partial charge in [0, 0.05) is 13.0 Å². The Morgan fingerprint density at radius 3 is 1.52 bits per heavy atom. The SMILES string of the molecule is CCCCCCCCCCCCCCCCCC1N(CC)C=C[NH+]1CC.[Br-]. The Morgan fingerprint density at radius 1 is 0.667 bits per heavy atom. The van der Waals surface area contributed by atoms with Crippen molar-refractivity contribution in [2.75, 3.05) is 13.1 Å². The lowest BCUT2D eigenvalue weighted by Crippen LogP contribution is -3.11. The van der Waals surface area contributed by atoms with Crippen molar-refractivity contribution in [3.63, 3.8) is 0 Å². The standard InChI is InChI=1S/C24H48N2.BrH/c1-4-7-8-9-10-11-12-13-14-15-16-17-18-19-20-21-24-25(5-2)22-23-26(24)6-3;/h22-24H,4-21H2,1-3H3;1H. The number of hydrogen-bond acceptors (Lipinski definition) is 1. The van der Waals surface area contributed by atoms with E-state index in [1.807, 2.05) is 0 Å². The predicted octanol–water partition coefficient (Wildman–Crippen LogP) is 3.29. The maximum atomic E-state index is 2.53. The molecule has 1 heterocycles. The first kappa shape index (κ1) is 27.0. The fourth-order valence-corrected chi connectivity index (χ4v) is 4.36. The van der Waals surface area contributed by atoms with Crippen molar-refractivity contribution in [1.82, 2.24) is 4.90 Å². The van der Waals surface area contributed by atoms with E-state index in [1.165, 1.54) is 109 Å². The van der Waals surface area contributed by atoms with E-state index < -0.39 is 0 Å². The topological polar surface area (TPSA) is 7.68 Å². The third-order valence-corrected chi connectivity index (χ3v) is 6.16. The van der Waals surface area contributed by atoms with Gasteiger partial charge in [0.25, 0.3) is 0 Å². The molecule has 0 aromatic rings. The Balaban J connectivity index is 0.00000676. The van der Waals surface area contributed by atoms with Crippen LogP contribution < -0.4 is 21.9 Å². The Morgan fingerprint density at radius 2 is 1.11 bits per heavy atom. The highest BCUT2D eigenvalue weighted by atomic mass is 79.9. The van der Waals surface area contributed by atoms with Crippen molar-refractivity contribution in [2.24, 2.45) is 0 Å². The number of nitrogens with zero attached hydrogens (tertiary/aromatic N) is 1. The minimum Gasteiger partial charge on any atom is -1.00 e. The highest BCUT2D eigenvalue weighted by Crippen LogP contribution is 2.15. The molecule has 1 N–H and O–H groups in total. The number of halogens is 1. The molecule has 1 aliphatic rings. The second-order valence-electron chi connectivity index (χ2n) is 8.33. The lowest BCUT2D eigenvalue weighted by atomic mass is 10.0. The van der Waals surface area contributed by atoms with Crippen LogP contribution in [0.3, 0.4) is 0 Å². The van der Waals surface area contributed by atoms with E-state index in [4.69, 9.17) is 0 Å². The third kappa shape index (κ3) is 12.9. The van der Waals surface area contributed by atoms with Gasteiger partial charge in [0.15, 0.2) is 6.17 Å². The Labute approximate surface area is 181 Å². The van der Waals surface area contributed by atoms with Gasteiger partial charge in [-0.3, -0.25) is 4.90 Å². The van der Waals surface area contributed by atoms with Crippen molar-refractivity contribution in [3.8, 4) is 0 Å². The first-order valence-corrected chi connectivity index (χ1v) is 12.1. The highest BCUT2D eigenvalue weighted by molar-refractivity contribution is 4.83. The van der Waals surface area contributed by atoms with Gasteiger partial charge in [-0.25, -0.2) is 0 Å². The van der Waals surface area contributed by atoms with Gasteiger partial charge in [-0.15, -0.1) is 0 Å². The average Bonchev–Trinajstić information content (AvgIpc) is 3.06. The van der Waals surface area contributed by atoms with Gasteiger partial charge in [-0.1, -0.05) is 96.8 Å². The van der Waals surface area contributed by atoms with Crippen LogP contribution in [0.15, 0.2) is 12.4 Å². The largest absolute Gasteiger partial charge is 1.00 e. The molecule has 0 spiro atoms. The van der Waals surface area contributed by atoms with Crippen LogP contribution in [0.25, 0.3) is 0 Å². The van der Waals surface area contributed by atoms with Gasteiger partial charge in [-0.2, -0.15) is 0 Å². The molecule has 0 amide bonds. The highest BCUT2D eigenvalue weighted by Gasteiger charge is 2.27. The molecule has 3 heteroatoms. The van der Waals surface area contributed by atoms with E-state index >= 15 is 0 Å². The van der Waals surface area contributed by atoms with Crippen LogP contribution >= 0.6 is 0 Å². The van der Waals surface area contributed by atoms with Crippen LogP contribution in [0.1, 0.15) is 124 Å². The van der Waals surface area contributed by atoms with Crippen LogP contribution in [-0.2, 0) is 0 Å². The molecule has 1 aliphatic heterocycles. The minimum atomic E-state index is 0. The first-order valence-electron chi connectivity index (χ1n) is 12.1. The molecular weight excluding hydrogens is 396 g/mol. The average molecular weight is 446 g/mol. The van der Waals surface area contributed by atoms with Gasteiger partial charge >= 0.3 is 0 Å². The Bertz CT molecular complexity index is 318. The molecule has 0 saturated heterocycles. The number of quaternary nitrogens is 1. The predicted molar refractivity (Wildman–Crippen MR) is 116 cm³/mol. The molecule has 0 fully saturated rings. The molecule has 2 nitrogen and oxygen atoms in total. The van der Waals surface area contributed by atoms with E-state index in [1.54, 1.807) is 4.90 Å². The van der Waals surface area contributed by atoms with Crippen LogP contribution in [0, 0.1) is 0 Å². The number of rotatable bonds is 18. The second-order valence-corrected chi connectivity index (χ2v) is 8.33. The molecule has 2 unspecified atom stereocenters. The summed E-state index contributed by atoms with van der Waals surface area (Å²) in [5, 5.41) is 0. The van der Waals surface area contributed by atoms with E-state index in [0.717, 1.165) is 6.54 Å². The fourth-order valence-electron chi connectivity index (χ4n) is 4.36. The van der Waals surface area contributed by atoms with Crippen molar-refractivity contribution >= 4 is 0 Å². The normalized spacial score (nSPS) is 18.9. The Hall–Kier alpha value is -0.0200. The summed E-state index contributed by atoms with van der Waals surface area (Å²) in [4.78, 5) is 4.18. The maximum absolute atomic E-state index is 2.53. The zero-order chi connectivity index (χ0) is 18.9. The summed E-state index contributed by atoms with van der Waals surface area (Å²) in [5.74, 6) is 0. The van der Waals surface area contributed by atoms with Crippen LogP contribution in [0.4, 0.5) is 0 Å². The molecule has 0 aliphatic carbocycles. The smallest absolute Gasteiger partial charge is 0.167 e. The van der Waals surface area contributed by atoms with Crippen molar-refractivity contribution in [2.45, 2.75) is 130 Å². The van der Waals surface area contributed by atoms with Crippen LogP contribution in [-0.4, -0.2) is 24.2 Å². The summed E-state index contributed by atoms with van der Waals surface area (Å²) in [5.41, 5.74) is 0. The number of nitrogens with one attached hydrogen (secondary N) is 1. The molecule has 0 saturated carbocycles. The molecular formula is C24H49BrN2. The number of hydrogen-bond donors (Lipinski definition) is 1. The summed E-state index contributed by atoms with van der Waals surface area (Å²) in [6.45, 7) is 9.26. The van der Waals surface area contributed by atoms with E-state index in [-0.39, 0.29) is 17.0 Å². The van der Waals surface area contributed by atoms with E-state index in [0.29, 0.717) is 6.17 Å². The molecule has 0 aromatic carbocycles. The molecule has 0 radical (unpaired) electrons. The zero-order valence-corrected chi connectivity index (χ0v) is 20.4. The monoisotopic (exact) mass is 444 g/mol. The fraction of sp³-hybridized carbons (Fsp3) is 0.917. The van der Waals surface area contributed by atoms with Gasteiger partial charge in [0.05, 0.1) is 12.7 Å². The molecule has 0 aromatic heterocycles. The Kier molecular flexibility index (Phi) is 19.3. The maximum Gasteiger partial charge on any atom is 0.167 e. The lowest BCUT2D eigenvalue weighted by Gasteiger charge is -2.26. The van der Waals surface area contributed by atoms with E-state index in [2.05, 4.69) is 38.1 Å². The van der Waals surface area contributed by atoms with Gasteiger partial charge < -0.3 is 21.9 Å². The van der Waals surface area contributed by atoms with Crippen molar-refractivity contribution in [3.05, 3.63) is 12.4 Å². The first-order chi connectivity index (χ1) is 12.8. The van der Waals surface area contributed by atoms with Gasteiger partial charge in [0.1, 0.15) is 6.20 Å². The third-order valence-electron chi connectivity index (χ3n) is 6.16. The number of unbranched alkanes of at least 4 members (excludes halogenated alkanes) is 14. The summed E-state index contributed by atoms with van der Waals surface area (Å²) < 4.78 is 0. The van der Waals surface area contributed by atoms with Gasteiger partial charge in [0.2, 0.25) is 0 Å². The zero-order valence-electron chi connectivity index (χ0n) is 18.8. The van der Waals surface area contributed by atoms with Crippen molar-refractivity contribution in [1.29, 1.82) is 0 Å². The quantitative estimate of drug-likeness (QED) is 0.318. The molecule has 2 atom stereocenters. The van der Waals surface area contributed by atoms with Crippen LogP contribution in [0.2, 0.25) is 0 Å². The van der Waals surface area contributed by atoms with Gasteiger partial charge in [-0.05, 0) is 20.3 Å². The van der Waals surface area contributed by atoms with Crippen molar-refractivity contribution < 1.29 is 21.9 Å². The molecule has 27 heavy (non-hydrogen) atoms. The second kappa shape index (κ2) is 19.3. The summed E-state index contributed by atoms with van der Waals surface area (Å²) >= 11 is 0. The lowest BCUT2D eigenvalue weighted by molar-refractivity contribution is -0.876. The molecule has 1 rings (SSSR count). The summed E-state index contributed by atoms with van der Waals surface area (Å²) in [7, 11) is 0.